The van der Waals surface area contributed by atoms with Crippen molar-refractivity contribution in [3.8, 4) is 11.5 Å². The second-order valence-corrected chi connectivity index (χ2v) is 5.31. The van der Waals surface area contributed by atoms with Gasteiger partial charge in [-0.3, -0.25) is 4.79 Å². The zero-order valence-corrected chi connectivity index (χ0v) is 13.4. The fraction of sp³-hybridized carbons (Fsp3) is 0.235. The van der Waals surface area contributed by atoms with Gasteiger partial charge >= 0.3 is 5.97 Å². The molecule has 0 radical (unpaired) electrons. The molecule has 2 heterocycles. The van der Waals surface area contributed by atoms with Crippen LogP contribution in [0.5, 0.6) is 11.5 Å². The summed E-state index contributed by atoms with van der Waals surface area (Å²) in [6.07, 6.45) is 1.42. The highest BCUT2D eigenvalue weighted by molar-refractivity contribution is 5.97. The third kappa shape index (κ3) is 3.01. The average Bonchev–Trinajstić information content (AvgIpc) is 2.61. The van der Waals surface area contributed by atoms with Crippen molar-refractivity contribution >= 4 is 17.7 Å². The maximum atomic E-state index is 12.5. The molecule has 7 nitrogen and oxygen atoms in total. The first-order valence-corrected chi connectivity index (χ1v) is 7.44. The lowest BCUT2D eigenvalue weighted by Gasteiger charge is -2.22. The second kappa shape index (κ2) is 6.57. The third-order valence-electron chi connectivity index (χ3n) is 3.70. The lowest BCUT2D eigenvalue weighted by Crippen LogP contribution is -2.32. The minimum Gasteiger partial charge on any atom is -0.465 e. The Morgan fingerprint density at radius 1 is 1.33 bits per heavy atom. The number of nitrogens with zero attached hydrogens (tertiary/aromatic N) is 2. The Labute approximate surface area is 139 Å². The molecule has 3 rings (SSSR count). The summed E-state index contributed by atoms with van der Waals surface area (Å²) < 4.78 is 10.6. The van der Waals surface area contributed by atoms with Crippen LogP contribution in [0, 0.1) is 0 Å². The Bertz CT molecular complexity index is 791. The molecule has 0 aliphatic carbocycles. The number of likely N-dealkylation sites (N-methyl/N-ethyl adjacent to an activating group) is 1. The van der Waals surface area contributed by atoms with Gasteiger partial charge in [0.25, 0.3) is 5.91 Å². The SMILES string of the molecule is COC(=O)c1cnc2c(c1)Oc1ccccc1C(=O)N(C)CCN2. The van der Waals surface area contributed by atoms with Crippen LogP contribution in [0.25, 0.3) is 0 Å². The standard InChI is InChI=1S/C17H17N3O4/c1-20-8-7-18-15-14(9-11(10-19-15)17(22)23-2)24-13-6-4-3-5-12(13)16(20)21/h3-6,9-10H,7-8H2,1-2H3,(H,18,19). The maximum Gasteiger partial charge on any atom is 0.339 e. The number of amides is 1. The highest BCUT2D eigenvalue weighted by Gasteiger charge is 2.21. The van der Waals surface area contributed by atoms with Crippen molar-refractivity contribution in [3.05, 3.63) is 47.7 Å². The molecule has 1 aromatic carbocycles. The third-order valence-corrected chi connectivity index (χ3v) is 3.70. The van der Waals surface area contributed by atoms with Gasteiger partial charge in [-0.2, -0.15) is 0 Å². The number of nitrogens with one attached hydrogen (secondary N) is 1. The molecule has 0 fully saturated rings. The number of rotatable bonds is 1. The Morgan fingerprint density at radius 3 is 2.92 bits per heavy atom. The van der Waals surface area contributed by atoms with Crippen LogP contribution >= 0.6 is 0 Å². The highest BCUT2D eigenvalue weighted by Crippen LogP contribution is 2.32. The van der Waals surface area contributed by atoms with Crippen molar-refractivity contribution in [2.45, 2.75) is 0 Å². The van der Waals surface area contributed by atoms with Gasteiger partial charge in [-0.25, -0.2) is 9.78 Å². The molecule has 0 spiro atoms. The Hall–Kier alpha value is -3.09. The number of hydrogen-bond acceptors (Lipinski definition) is 6. The molecule has 1 N–H and O–H groups in total. The number of para-hydroxylation sites is 1. The number of hydrogen-bond donors (Lipinski definition) is 1. The summed E-state index contributed by atoms with van der Waals surface area (Å²) in [7, 11) is 3.04. The summed E-state index contributed by atoms with van der Waals surface area (Å²) in [5.41, 5.74) is 0.729. The molecule has 7 heteroatoms. The Kier molecular flexibility index (Phi) is 4.33. The summed E-state index contributed by atoms with van der Waals surface area (Å²) in [6.45, 7) is 1.01. The normalized spacial score (nSPS) is 13.9. The van der Waals surface area contributed by atoms with Crippen molar-refractivity contribution in [2.75, 3.05) is 32.6 Å². The van der Waals surface area contributed by atoms with E-state index in [1.54, 1.807) is 42.3 Å². The van der Waals surface area contributed by atoms with Crippen LogP contribution in [0.4, 0.5) is 5.82 Å². The summed E-state index contributed by atoms with van der Waals surface area (Å²) >= 11 is 0. The molecular formula is C17H17N3O4. The largest absolute Gasteiger partial charge is 0.465 e. The van der Waals surface area contributed by atoms with Gasteiger partial charge in [0.05, 0.1) is 18.2 Å². The number of fused-ring (bicyclic) bond motifs is 2. The Morgan fingerprint density at radius 2 is 2.12 bits per heavy atom. The molecule has 0 bridgehead atoms. The summed E-state index contributed by atoms with van der Waals surface area (Å²) in [6, 6.07) is 8.52. The van der Waals surface area contributed by atoms with Gasteiger partial charge in [-0.15, -0.1) is 0 Å². The van der Waals surface area contributed by atoms with Gasteiger partial charge < -0.3 is 19.7 Å². The lowest BCUT2D eigenvalue weighted by molar-refractivity contribution is 0.0599. The number of anilines is 1. The van der Waals surface area contributed by atoms with E-state index in [1.165, 1.54) is 13.3 Å². The van der Waals surface area contributed by atoms with Crippen molar-refractivity contribution in [3.63, 3.8) is 0 Å². The van der Waals surface area contributed by atoms with Gasteiger partial charge in [-0.1, -0.05) is 12.1 Å². The molecule has 124 valence electrons. The minimum absolute atomic E-state index is 0.132. The smallest absolute Gasteiger partial charge is 0.339 e. The van der Waals surface area contributed by atoms with Crippen LogP contribution in [0.15, 0.2) is 36.5 Å². The number of benzene rings is 1. The van der Waals surface area contributed by atoms with E-state index in [-0.39, 0.29) is 11.5 Å². The number of carbonyl (C=O) groups excluding carboxylic acids is 2. The van der Waals surface area contributed by atoms with Crippen LogP contribution in [-0.4, -0.2) is 49.0 Å². The average molecular weight is 327 g/mol. The number of methoxy groups -OCH3 is 1. The molecule has 1 aliphatic heterocycles. The van der Waals surface area contributed by atoms with Gasteiger partial charge in [0, 0.05) is 32.4 Å². The first-order valence-electron chi connectivity index (χ1n) is 7.44. The molecular weight excluding hydrogens is 310 g/mol. The van der Waals surface area contributed by atoms with Crippen molar-refractivity contribution in [1.82, 2.24) is 9.88 Å². The quantitative estimate of drug-likeness (QED) is 0.809. The summed E-state index contributed by atoms with van der Waals surface area (Å²) in [4.78, 5) is 30.1. The van der Waals surface area contributed by atoms with Crippen LogP contribution in [0.1, 0.15) is 20.7 Å². The molecule has 24 heavy (non-hydrogen) atoms. The zero-order chi connectivity index (χ0) is 17.1. The minimum atomic E-state index is -0.505. The van der Waals surface area contributed by atoms with Crippen molar-refractivity contribution < 1.29 is 19.1 Å². The van der Waals surface area contributed by atoms with Gasteiger partial charge in [-0.05, 0) is 12.1 Å². The molecule has 0 saturated heterocycles. The predicted molar refractivity (Wildman–Crippen MR) is 87.5 cm³/mol. The van der Waals surface area contributed by atoms with Gasteiger partial charge in [0.15, 0.2) is 11.6 Å². The predicted octanol–water partition coefficient (Wildman–Crippen LogP) is 2.16. The Balaban J connectivity index is 2.07. The molecule has 0 atom stereocenters. The van der Waals surface area contributed by atoms with Crippen LogP contribution < -0.4 is 10.1 Å². The maximum absolute atomic E-state index is 12.5. The molecule has 0 saturated carbocycles. The summed E-state index contributed by atoms with van der Waals surface area (Å²) in [5, 5.41) is 3.12. The molecule has 1 aromatic heterocycles. The molecule has 1 amide bonds. The fourth-order valence-corrected chi connectivity index (χ4v) is 2.38. The van der Waals surface area contributed by atoms with E-state index in [2.05, 4.69) is 10.3 Å². The van der Waals surface area contributed by atoms with E-state index in [0.717, 1.165) is 0 Å². The molecule has 2 aromatic rings. The van der Waals surface area contributed by atoms with E-state index in [9.17, 15) is 9.59 Å². The molecule has 1 aliphatic rings. The topological polar surface area (TPSA) is 80.8 Å². The van der Waals surface area contributed by atoms with Crippen molar-refractivity contribution in [2.24, 2.45) is 0 Å². The number of ether oxygens (including phenoxy) is 2. The van der Waals surface area contributed by atoms with E-state index >= 15 is 0 Å². The monoisotopic (exact) mass is 327 g/mol. The van der Waals surface area contributed by atoms with E-state index in [4.69, 9.17) is 9.47 Å². The molecule has 0 unspecified atom stereocenters. The van der Waals surface area contributed by atoms with Crippen molar-refractivity contribution in [1.29, 1.82) is 0 Å². The first kappa shape index (κ1) is 15.8. The number of aromatic nitrogens is 1. The number of carbonyl (C=O) groups is 2. The van der Waals surface area contributed by atoms with Crippen LogP contribution in [0.2, 0.25) is 0 Å². The zero-order valence-electron chi connectivity index (χ0n) is 13.4. The van der Waals surface area contributed by atoms with Gasteiger partial charge in [0.1, 0.15) is 5.75 Å². The van der Waals surface area contributed by atoms with E-state index in [0.29, 0.717) is 36.0 Å². The number of esters is 1. The van der Waals surface area contributed by atoms with E-state index < -0.39 is 5.97 Å². The number of pyridine rings is 1. The summed E-state index contributed by atoms with van der Waals surface area (Å²) in [5.74, 6) is 0.633. The van der Waals surface area contributed by atoms with Gasteiger partial charge in [0.2, 0.25) is 0 Å². The lowest BCUT2D eigenvalue weighted by atomic mass is 10.1. The van der Waals surface area contributed by atoms with E-state index in [1.807, 2.05) is 0 Å². The van der Waals surface area contributed by atoms with Crippen LogP contribution in [0.3, 0.4) is 0 Å². The van der Waals surface area contributed by atoms with Crippen LogP contribution in [-0.2, 0) is 4.74 Å². The fourth-order valence-electron chi connectivity index (χ4n) is 2.38. The highest BCUT2D eigenvalue weighted by atomic mass is 16.5. The first-order chi connectivity index (χ1) is 11.6. The second-order valence-electron chi connectivity index (χ2n) is 5.31.